The number of nitrogens with two attached hydrogens (primary N) is 1. The van der Waals surface area contributed by atoms with Crippen LogP contribution in [0.3, 0.4) is 0 Å². The second-order valence-electron chi connectivity index (χ2n) is 1.86. The van der Waals surface area contributed by atoms with Gasteiger partial charge in [0.1, 0.15) is 0 Å². The number of amides is 1. The monoisotopic (exact) mass is 172 g/mol. The smallest absolute Gasteiger partial charge is 0.234 e. The minimum Gasteiger partial charge on any atom is -0.350 e. The van der Waals surface area contributed by atoms with Gasteiger partial charge in [-0.3, -0.25) is 4.79 Å². The highest BCUT2D eigenvalue weighted by atomic mass is 32.1. The standard InChI is InChI=1S/C5H8N4OS/c6-1-5(10)7-2-4-3-8-9-11-4/h3H,1-2,6H2,(H,7,10). The van der Waals surface area contributed by atoms with E-state index >= 15 is 0 Å². The lowest BCUT2D eigenvalue weighted by Crippen LogP contribution is -2.29. The number of hydrogen-bond acceptors (Lipinski definition) is 5. The van der Waals surface area contributed by atoms with Crippen LogP contribution >= 0.6 is 11.5 Å². The molecule has 1 rings (SSSR count). The van der Waals surface area contributed by atoms with Gasteiger partial charge in [-0.1, -0.05) is 4.49 Å². The van der Waals surface area contributed by atoms with E-state index in [0.717, 1.165) is 4.88 Å². The molecule has 0 aliphatic rings. The molecule has 0 fully saturated rings. The fourth-order valence-electron chi connectivity index (χ4n) is 0.523. The zero-order chi connectivity index (χ0) is 8.10. The Labute approximate surface area is 67.8 Å². The van der Waals surface area contributed by atoms with E-state index < -0.39 is 0 Å². The van der Waals surface area contributed by atoms with E-state index in [2.05, 4.69) is 14.9 Å². The zero-order valence-electron chi connectivity index (χ0n) is 5.78. The summed E-state index contributed by atoms with van der Waals surface area (Å²) in [7, 11) is 0. The minimum absolute atomic E-state index is 0.0201. The van der Waals surface area contributed by atoms with E-state index in [-0.39, 0.29) is 12.5 Å². The van der Waals surface area contributed by atoms with Gasteiger partial charge in [0.2, 0.25) is 5.91 Å². The first kappa shape index (κ1) is 8.09. The van der Waals surface area contributed by atoms with Gasteiger partial charge in [-0.2, -0.15) is 0 Å². The van der Waals surface area contributed by atoms with Crippen LogP contribution in [-0.2, 0) is 11.3 Å². The van der Waals surface area contributed by atoms with Gasteiger partial charge in [0.15, 0.2) is 0 Å². The fourth-order valence-corrected chi connectivity index (χ4v) is 0.953. The molecule has 0 aromatic carbocycles. The number of aromatic nitrogens is 2. The van der Waals surface area contributed by atoms with Crippen LogP contribution < -0.4 is 11.1 Å². The Bertz CT molecular complexity index is 222. The van der Waals surface area contributed by atoms with Crippen LogP contribution in [0.2, 0.25) is 0 Å². The molecule has 0 atom stereocenters. The van der Waals surface area contributed by atoms with Crippen molar-refractivity contribution in [3.05, 3.63) is 11.1 Å². The van der Waals surface area contributed by atoms with E-state index in [1.165, 1.54) is 11.5 Å². The second kappa shape index (κ2) is 3.99. The number of nitrogens with one attached hydrogen (secondary N) is 1. The molecule has 0 radical (unpaired) electrons. The molecule has 11 heavy (non-hydrogen) atoms. The second-order valence-corrected chi connectivity index (χ2v) is 2.73. The average Bonchev–Trinajstić information content (AvgIpc) is 2.52. The van der Waals surface area contributed by atoms with E-state index in [4.69, 9.17) is 5.73 Å². The Morgan fingerprint density at radius 2 is 2.64 bits per heavy atom. The molecule has 5 nitrogen and oxygen atoms in total. The lowest BCUT2D eigenvalue weighted by atomic mass is 10.5. The summed E-state index contributed by atoms with van der Waals surface area (Å²) >= 11 is 1.26. The molecule has 0 saturated carbocycles. The maximum Gasteiger partial charge on any atom is 0.234 e. The van der Waals surface area contributed by atoms with Gasteiger partial charge in [-0.05, 0) is 11.5 Å². The third-order valence-corrected chi connectivity index (χ3v) is 1.71. The molecule has 0 spiro atoms. The first-order valence-corrected chi connectivity index (χ1v) is 3.83. The van der Waals surface area contributed by atoms with E-state index in [1.807, 2.05) is 0 Å². The molecule has 0 aliphatic carbocycles. The van der Waals surface area contributed by atoms with Crippen molar-refractivity contribution in [3.8, 4) is 0 Å². The Kier molecular flexibility index (Phi) is 2.94. The van der Waals surface area contributed by atoms with Gasteiger partial charge < -0.3 is 11.1 Å². The van der Waals surface area contributed by atoms with Crippen LogP contribution in [0.1, 0.15) is 4.88 Å². The molecule has 1 aromatic rings. The van der Waals surface area contributed by atoms with Crippen LogP contribution in [0.25, 0.3) is 0 Å². The molecule has 3 N–H and O–H groups in total. The van der Waals surface area contributed by atoms with Gasteiger partial charge in [0.25, 0.3) is 0 Å². The summed E-state index contributed by atoms with van der Waals surface area (Å²) in [6.45, 7) is 0.486. The minimum atomic E-state index is -0.168. The lowest BCUT2D eigenvalue weighted by Gasteiger charge is -1.97. The molecule has 6 heteroatoms. The number of hydrogen-bond donors (Lipinski definition) is 2. The summed E-state index contributed by atoms with van der Waals surface area (Å²) in [4.78, 5) is 11.6. The van der Waals surface area contributed by atoms with E-state index in [0.29, 0.717) is 6.54 Å². The summed E-state index contributed by atoms with van der Waals surface area (Å²) in [5.41, 5.74) is 5.07. The fraction of sp³-hybridized carbons (Fsp3) is 0.400. The Balaban J connectivity index is 2.29. The van der Waals surface area contributed by atoms with E-state index in [1.54, 1.807) is 6.20 Å². The third kappa shape index (κ3) is 2.60. The molecule has 1 amide bonds. The Morgan fingerprint density at radius 3 is 3.18 bits per heavy atom. The Hall–Kier alpha value is -1.01. The summed E-state index contributed by atoms with van der Waals surface area (Å²) in [6, 6.07) is 0. The molecule has 0 bridgehead atoms. The SMILES string of the molecule is NCC(=O)NCc1cnns1. The molecule has 1 heterocycles. The normalized spacial score (nSPS) is 9.55. The summed E-state index contributed by atoms with van der Waals surface area (Å²) < 4.78 is 3.64. The van der Waals surface area contributed by atoms with E-state index in [9.17, 15) is 4.79 Å². The summed E-state index contributed by atoms with van der Waals surface area (Å²) in [5, 5.41) is 6.21. The van der Waals surface area contributed by atoms with Crippen molar-refractivity contribution in [3.63, 3.8) is 0 Å². The molecular weight excluding hydrogens is 164 g/mol. The predicted molar refractivity (Wildman–Crippen MR) is 40.8 cm³/mol. The van der Waals surface area contributed by atoms with Gasteiger partial charge >= 0.3 is 0 Å². The molecule has 0 aliphatic heterocycles. The van der Waals surface area contributed by atoms with Crippen molar-refractivity contribution in [1.82, 2.24) is 14.9 Å². The topological polar surface area (TPSA) is 80.9 Å². The predicted octanol–water partition coefficient (Wildman–Crippen LogP) is -0.887. The van der Waals surface area contributed by atoms with Crippen LogP contribution in [0.4, 0.5) is 0 Å². The number of rotatable bonds is 3. The van der Waals surface area contributed by atoms with Crippen molar-refractivity contribution in [1.29, 1.82) is 0 Å². The van der Waals surface area contributed by atoms with Crippen LogP contribution in [0, 0.1) is 0 Å². The number of carbonyl (C=O) groups is 1. The summed E-state index contributed by atoms with van der Waals surface area (Å²) in [6.07, 6.45) is 1.61. The van der Waals surface area contributed by atoms with Crippen molar-refractivity contribution in [2.45, 2.75) is 6.54 Å². The largest absolute Gasteiger partial charge is 0.350 e. The first-order valence-electron chi connectivity index (χ1n) is 3.06. The third-order valence-electron chi connectivity index (χ3n) is 1.05. The van der Waals surface area contributed by atoms with Gasteiger partial charge in [-0.15, -0.1) is 5.10 Å². The molecule has 0 unspecified atom stereocenters. The molecule has 60 valence electrons. The summed E-state index contributed by atoms with van der Waals surface area (Å²) in [5.74, 6) is -0.168. The van der Waals surface area contributed by atoms with Crippen molar-refractivity contribution in [2.24, 2.45) is 5.73 Å². The molecule has 1 aromatic heterocycles. The first-order chi connectivity index (χ1) is 5.33. The maximum atomic E-state index is 10.6. The Morgan fingerprint density at radius 1 is 1.82 bits per heavy atom. The number of nitrogens with zero attached hydrogens (tertiary/aromatic N) is 2. The molecule has 0 saturated heterocycles. The van der Waals surface area contributed by atoms with Gasteiger partial charge in [0.05, 0.1) is 24.2 Å². The molecular formula is C5H8N4OS. The quantitative estimate of drug-likeness (QED) is 0.620. The highest BCUT2D eigenvalue weighted by Gasteiger charge is 1.98. The van der Waals surface area contributed by atoms with Crippen molar-refractivity contribution < 1.29 is 4.79 Å². The van der Waals surface area contributed by atoms with Crippen LogP contribution in [-0.4, -0.2) is 22.0 Å². The average molecular weight is 172 g/mol. The number of carbonyl (C=O) groups excluding carboxylic acids is 1. The maximum absolute atomic E-state index is 10.6. The highest BCUT2D eigenvalue weighted by molar-refractivity contribution is 7.05. The van der Waals surface area contributed by atoms with Gasteiger partial charge in [-0.25, -0.2) is 0 Å². The van der Waals surface area contributed by atoms with Gasteiger partial charge in [0, 0.05) is 0 Å². The van der Waals surface area contributed by atoms with Crippen LogP contribution in [0.15, 0.2) is 6.20 Å². The van der Waals surface area contributed by atoms with Crippen molar-refractivity contribution >= 4 is 17.4 Å². The van der Waals surface area contributed by atoms with Crippen LogP contribution in [0.5, 0.6) is 0 Å². The highest BCUT2D eigenvalue weighted by Crippen LogP contribution is 1.99. The lowest BCUT2D eigenvalue weighted by molar-refractivity contribution is -0.119. The zero-order valence-corrected chi connectivity index (χ0v) is 6.60. The van der Waals surface area contributed by atoms with Crippen molar-refractivity contribution in [2.75, 3.05) is 6.54 Å².